The fourth-order valence-corrected chi connectivity index (χ4v) is 4.32. The Morgan fingerprint density at radius 1 is 0.667 bits per heavy atom. The van der Waals surface area contributed by atoms with Gasteiger partial charge in [-0.3, -0.25) is 4.90 Å². The van der Waals surface area contributed by atoms with Crippen LogP contribution < -0.4 is 25.0 Å². The second kappa shape index (κ2) is 10.1. The Morgan fingerprint density at radius 3 is 1.92 bits per heavy atom. The van der Waals surface area contributed by atoms with Gasteiger partial charge in [-0.1, -0.05) is 42.5 Å². The van der Waals surface area contributed by atoms with Crippen LogP contribution in [0, 0.1) is 0 Å². The van der Waals surface area contributed by atoms with E-state index in [-0.39, 0.29) is 0 Å². The van der Waals surface area contributed by atoms with Gasteiger partial charge in [0.2, 0.25) is 24.6 Å². The first-order valence-corrected chi connectivity index (χ1v) is 12.0. The smallest absolute Gasteiger partial charge is 0.233 e. The number of aromatic nitrogens is 3. The molecule has 0 atom stereocenters. The van der Waals surface area contributed by atoms with Crippen LogP contribution in [0.5, 0.6) is 11.5 Å². The number of nitrogens with one attached hydrogen (secondary N) is 2. The molecule has 0 aliphatic carbocycles. The van der Waals surface area contributed by atoms with Gasteiger partial charge in [0.15, 0.2) is 11.5 Å². The highest BCUT2D eigenvalue weighted by molar-refractivity contribution is 5.59. The van der Waals surface area contributed by atoms with E-state index in [0.717, 1.165) is 55.6 Å². The Hall–Kier alpha value is -4.37. The van der Waals surface area contributed by atoms with Crippen LogP contribution in [0.25, 0.3) is 0 Å². The maximum absolute atomic E-state index is 5.53. The molecule has 0 saturated carbocycles. The zero-order chi connectivity index (χ0) is 24.2. The number of nitrogens with zero attached hydrogens (tertiary/aromatic N) is 5. The van der Waals surface area contributed by atoms with Gasteiger partial charge in [-0.15, -0.1) is 0 Å². The highest BCUT2D eigenvalue weighted by atomic mass is 16.7. The Bertz CT molecular complexity index is 1250. The number of ether oxygens (including phenoxy) is 2. The first kappa shape index (κ1) is 22.1. The van der Waals surface area contributed by atoms with Gasteiger partial charge in [-0.05, 0) is 42.0 Å². The Balaban J connectivity index is 1.17. The van der Waals surface area contributed by atoms with E-state index in [4.69, 9.17) is 19.4 Å². The van der Waals surface area contributed by atoms with Crippen molar-refractivity contribution < 1.29 is 9.47 Å². The molecule has 9 nitrogen and oxygen atoms in total. The molecule has 2 N–H and O–H groups in total. The van der Waals surface area contributed by atoms with Crippen molar-refractivity contribution in [2.75, 3.05) is 48.5 Å². The van der Waals surface area contributed by atoms with Gasteiger partial charge in [0.25, 0.3) is 0 Å². The van der Waals surface area contributed by atoms with Crippen LogP contribution in [0.1, 0.15) is 5.56 Å². The summed E-state index contributed by atoms with van der Waals surface area (Å²) in [4.78, 5) is 18.8. The second-order valence-corrected chi connectivity index (χ2v) is 8.72. The molecular formula is C27H27N7O2. The van der Waals surface area contributed by atoms with Gasteiger partial charge in [0.1, 0.15) is 0 Å². The summed E-state index contributed by atoms with van der Waals surface area (Å²) in [5.41, 5.74) is 3.07. The van der Waals surface area contributed by atoms with E-state index in [1.807, 2.05) is 66.7 Å². The lowest BCUT2D eigenvalue weighted by Crippen LogP contribution is -2.46. The van der Waals surface area contributed by atoms with E-state index in [1.54, 1.807) is 0 Å². The summed E-state index contributed by atoms with van der Waals surface area (Å²) in [6.45, 7) is 4.62. The van der Waals surface area contributed by atoms with Crippen LogP contribution in [0.2, 0.25) is 0 Å². The van der Waals surface area contributed by atoms with Crippen molar-refractivity contribution in [3.63, 3.8) is 0 Å². The van der Waals surface area contributed by atoms with Crippen LogP contribution in [0.4, 0.5) is 29.2 Å². The first-order chi connectivity index (χ1) is 17.8. The van der Waals surface area contributed by atoms with Crippen LogP contribution in [0.3, 0.4) is 0 Å². The minimum Gasteiger partial charge on any atom is -0.454 e. The summed E-state index contributed by atoms with van der Waals surface area (Å²) in [5, 5.41) is 6.62. The Kier molecular flexibility index (Phi) is 6.20. The summed E-state index contributed by atoms with van der Waals surface area (Å²) in [5.74, 6) is 3.32. The molecule has 0 amide bonds. The highest BCUT2D eigenvalue weighted by Gasteiger charge is 2.22. The number of para-hydroxylation sites is 2. The Morgan fingerprint density at radius 2 is 1.28 bits per heavy atom. The summed E-state index contributed by atoms with van der Waals surface area (Å²) in [6, 6.07) is 26.0. The molecule has 2 aliphatic rings. The summed E-state index contributed by atoms with van der Waals surface area (Å²) in [7, 11) is 0. The third kappa shape index (κ3) is 5.16. The zero-order valence-electron chi connectivity index (χ0n) is 19.8. The molecule has 3 heterocycles. The number of hydrogen-bond donors (Lipinski definition) is 2. The number of fused-ring (bicyclic) bond motifs is 1. The van der Waals surface area contributed by atoms with Gasteiger partial charge < -0.3 is 25.0 Å². The molecule has 0 unspecified atom stereocenters. The number of piperazine rings is 1. The normalized spacial score (nSPS) is 15.1. The van der Waals surface area contributed by atoms with Crippen LogP contribution in [-0.4, -0.2) is 52.8 Å². The van der Waals surface area contributed by atoms with Crippen molar-refractivity contribution in [3.05, 3.63) is 84.4 Å². The molecule has 9 heteroatoms. The van der Waals surface area contributed by atoms with Crippen LogP contribution >= 0.6 is 0 Å². The van der Waals surface area contributed by atoms with Crippen molar-refractivity contribution in [2.45, 2.75) is 6.54 Å². The molecule has 0 spiro atoms. The molecule has 1 aromatic heterocycles. The van der Waals surface area contributed by atoms with Crippen LogP contribution in [0.15, 0.2) is 78.9 Å². The molecule has 4 aromatic rings. The van der Waals surface area contributed by atoms with Gasteiger partial charge in [0.05, 0.1) is 0 Å². The molecule has 182 valence electrons. The minimum absolute atomic E-state index is 0.297. The number of hydrogen-bond acceptors (Lipinski definition) is 9. The molecule has 36 heavy (non-hydrogen) atoms. The van der Waals surface area contributed by atoms with Crippen molar-refractivity contribution in [1.29, 1.82) is 0 Å². The fraction of sp³-hybridized carbons (Fsp3) is 0.222. The predicted molar refractivity (Wildman–Crippen MR) is 139 cm³/mol. The first-order valence-electron chi connectivity index (χ1n) is 12.0. The van der Waals surface area contributed by atoms with Gasteiger partial charge in [-0.2, -0.15) is 15.0 Å². The molecule has 1 fully saturated rings. The fourth-order valence-electron chi connectivity index (χ4n) is 4.32. The second-order valence-electron chi connectivity index (χ2n) is 8.72. The lowest BCUT2D eigenvalue weighted by molar-refractivity contribution is 0.174. The van der Waals surface area contributed by atoms with E-state index >= 15 is 0 Å². The quantitative estimate of drug-likeness (QED) is 0.398. The van der Waals surface area contributed by atoms with E-state index in [0.29, 0.717) is 24.6 Å². The van der Waals surface area contributed by atoms with E-state index in [9.17, 15) is 0 Å². The van der Waals surface area contributed by atoms with Crippen molar-refractivity contribution in [3.8, 4) is 11.5 Å². The molecule has 0 bridgehead atoms. The monoisotopic (exact) mass is 481 g/mol. The predicted octanol–water partition coefficient (Wildman–Crippen LogP) is 4.41. The molecule has 0 radical (unpaired) electrons. The number of rotatable bonds is 7. The summed E-state index contributed by atoms with van der Waals surface area (Å²) < 4.78 is 11.0. The third-order valence-corrected chi connectivity index (χ3v) is 6.18. The topological polar surface area (TPSA) is 87.7 Å². The molecule has 3 aromatic carbocycles. The van der Waals surface area contributed by atoms with Gasteiger partial charge >= 0.3 is 0 Å². The van der Waals surface area contributed by atoms with Crippen molar-refractivity contribution >= 4 is 29.2 Å². The highest BCUT2D eigenvalue weighted by Crippen LogP contribution is 2.33. The number of anilines is 5. The lowest BCUT2D eigenvalue weighted by Gasteiger charge is -2.34. The maximum atomic E-state index is 5.53. The zero-order valence-corrected chi connectivity index (χ0v) is 19.8. The summed E-state index contributed by atoms with van der Waals surface area (Å²) in [6.07, 6.45) is 0. The average molecular weight is 482 g/mol. The molecule has 6 rings (SSSR count). The van der Waals surface area contributed by atoms with Gasteiger partial charge in [-0.25, -0.2) is 0 Å². The van der Waals surface area contributed by atoms with Gasteiger partial charge in [0, 0.05) is 44.1 Å². The molecule has 2 aliphatic heterocycles. The molecular weight excluding hydrogens is 454 g/mol. The van der Waals surface area contributed by atoms with E-state index in [1.165, 1.54) is 5.56 Å². The minimum atomic E-state index is 0.297. The van der Waals surface area contributed by atoms with E-state index in [2.05, 4.69) is 37.6 Å². The third-order valence-electron chi connectivity index (χ3n) is 6.18. The van der Waals surface area contributed by atoms with Crippen molar-refractivity contribution in [2.24, 2.45) is 0 Å². The average Bonchev–Trinajstić information content (AvgIpc) is 3.38. The van der Waals surface area contributed by atoms with Crippen molar-refractivity contribution in [1.82, 2.24) is 19.9 Å². The van der Waals surface area contributed by atoms with E-state index < -0.39 is 0 Å². The maximum Gasteiger partial charge on any atom is 0.233 e. The van der Waals surface area contributed by atoms with Crippen LogP contribution in [-0.2, 0) is 6.54 Å². The summed E-state index contributed by atoms with van der Waals surface area (Å²) >= 11 is 0. The lowest BCUT2D eigenvalue weighted by atomic mass is 10.1. The SMILES string of the molecule is c1ccc(Nc2nc(Nc3ccccc3)nc(N3CCN(Cc4ccc5c(c4)OCO5)CC3)n2)cc1. The molecule has 1 saturated heterocycles. The Labute approximate surface area is 209 Å². The number of benzene rings is 3. The standard InChI is InChI=1S/C27H27N7O2/c1-3-7-21(8-4-1)28-25-30-26(29-22-9-5-2-6-10-22)32-27(31-25)34-15-13-33(14-16-34)18-20-11-12-23-24(17-20)36-19-35-23/h1-12,17H,13-16,18-19H2,(H2,28,29,30,31,32). The largest absolute Gasteiger partial charge is 0.454 e.